The van der Waals surface area contributed by atoms with E-state index in [1.165, 1.54) is 0 Å². The van der Waals surface area contributed by atoms with Crippen molar-refractivity contribution < 1.29 is 14.3 Å². The van der Waals surface area contributed by atoms with Crippen LogP contribution in [0.5, 0.6) is 5.75 Å². The third kappa shape index (κ3) is 5.19. The second kappa shape index (κ2) is 8.65. The standard InChI is InChI=1S/C17H19N3O3/c18-8-6-13-11-15(5-4-14(13)12-21)23-10-7-17(22)20-16-3-1-2-9-19-16/h1-5,9,11-12H,6-8,10,18H2,(H,19,20,22). The molecule has 1 aromatic heterocycles. The van der Waals surface area contributed by atoms with E-state index in [0.29, 0.717) is 30.1 Å². The molecule has 0 fully saturated rings. The molecule has 6 heteroatoms. The number of amides is 1. The number of carbonyl (C=O) groups excluding carboxylic acids is 2. The van der Waals surface area contributed by atoms with Crippen LogP contribution in [0.2, 0.25) is 0 Å². The summed E-state index contributed by atoms with van der Waals surface area (Å²) in [6.45, 7) is 0.692. The van der Waals surface area contributed by atoms with Gasteiger partial charge >= 0.3 is 0 Å². The van der Waals surface area contributed by atoms with Crippen molar-refractivity contribution in [2.24, 2.45) is 5.73 Å². The van der Waals surface area contributed by atoms with Crippen LogP contribution >= 0.6 is 0 Å². The van der Waals surface area contributed by atoms with E-state index < -0.39 is 0 Å². The van der Waals surface area contributed by atoms with Crippen LogP contribution < -0.4 is 15.8 Å². The number of nitrogens with two attached hydrogens (primary N) is 1. The molecule has 0 saturated heterocycles. The Morgan fingerprint density at radius 2 is 2.17 bits per heavy atom. The third-order valence-electron chi connectivity index (χ3n) is 3.19. The van der Waals surface area contributed by atoms with E-state index in [0.717, 1.165) is 11.8 Å². The molecule has 23 heavy (non-hydrogen) atoms. The minimum Gasteiger partial charge on any atom is -0.493 e. The van der Waals surface area contributed by atoms with Gasteiger partial charge in [-0.05, 0) is 48.9 Å². The zero-order chi connectivity index (χ0) is 16.5. The van der Waals surface area contributed by atoms with Crippen molar-refractivity contribution in [3.63, 3.8) is 0 Å². The number of nitrogens with one attached hydrogen (secondary N) is 1. The minimum absolute atomic E-state index is 0.171. The first-order valence-electron chi connectivity index (χ1n) is 7.35. The number of aromatic nitrogens is 1. The number of hydrogen-bond acceptors (Lipinski definition) is 5. The average molecular weight is 313 g/mol. The Morgan fingerprint density at radius 3 is 2.87 bits per heavy atom. The molecule has 0 radical (unpaired) electrons. The van der Waals surface area contributed by atoms with Crippen molar-refractivity contribution in [2.45, 2.75) is 12.8 Å². The number of nitrogens with zero attached hydrogens (tertiary/aromatic N) is 1. The van der Waals surface area contributed by atoms with Gasteiger partial charge in [0.15, 0.2) is 0 Å². The highest BCUT2D eigenvalue weighted by atomic mass is 16.5. The Bertz CT molecular complexity index is 659. The molecular formula is C17H19N3O3. The van der Waals surface area contributed by atoms with Crippen molar-refractivity contribution in [1.82, 2.24) is 4.98 Å². The predicted octanol–water partition coefficient (Wildman–Crippen LogP) is 1.80. The predicted molar refractivity (Wildman–Crippen MR) is 87.6 cm³/mol. The number of benzene rings is 1. The maximum atomic E-state index is 11.8. The molecule has 0 unspecified atom stereocenters. The topological polar surface area (TPSA) is 94.3 Å². The highest BCUT2D eigenvalue weighted by Crippen LogP contribution is 2.17. The normalized spacial score (nSPS) is 10.1. The molecule has 0 aliphatic rings. The summed E-state index contributed by atoms with van der Waals surface area (Å²) in [6, 6.07) is 10.5. The highest BCUT2D eigenvalue weighted by Gasteiger charge is 2.06. The lowest BCUT2D eigenvalue weighted by molar-refractivity contribution is -0.116. The van der Waals surface area contributed by atoms with Gasteiger partial charge in [-0.2, -0.15) is 0 Å². The van der Waals surface area contributed by atoms with Gasteiger partial charge in [-0.25, -0.2) is 4.98 Å². The maximum Gasteiger partial charge on any atom is 0.228 e. The van der Waals surface area contributed by atoms with E-state index in [1.807, 2.05) is 0 Å². The molecule has 0 saturated carbocycles. The lowest BCUT2D eigenvalue weighted by atomic mass is 10.1. The first-order chi connectivity index (χ1) is 11.2. The summed E-state index contributed by atoms with van der Waals surface area (Å²) >= 11 is 0. The molecule has 6 nitrogen and oxygen atoms in total. The zero-order valence-electron chi connectivity index (χ0n) is 12.7. The van der Waals surface area contributed by atoms with Gasteiger partial charge in [-0.1, -0.05) is 6.07 Å². The molecule has 0 aliphatic heterocycles. The van der Waals surface area contributed by atoms with Crippen LogP contribution in [0.3, 0.4) is 0 Å². The number of aldehydes is 1. The third-order valence-corrected chi connectivity index (χ3v) is 3.19. The van der Waals surface area contributed by atoms with Gasteiger partial charge in [0, 0.05) is 11.8 Å². The molecule has 0 spiro atoms. The fraction of sp³-hybridized carbons (Fsp3) is 0.235. The first kappa shape index (κ1) is 16.6. The quantitative estimate of drug-likeness (QED) is 0.725. The van der Waals surface area contributed by atoms with Gasteiger partial charge in [0.2, 0.25) is 5.91 Å². The van der Waals surface area contributed by atoms with Crippen LogP contribution in [-0.4, -0.2) is 30.3 Å². The van der Waals surface area contributed by atoms with E-state index in [9.17, 15) is 9.59 Å². The van der Waals surface area contributed by atoms with Crippen LogP contribution in [0, 0.1) is 0 Å². The maximum absolute atomic E-state index is 11.8. The molecule has 1 heterocycles. The van der Waals surface area contributed by atoms with Gasteiger partial charge in [-0.3, -0.25) is 9.59 Å². The molecule has 1 amide bonds. The Balaban J connectivity index is 1.85. The van der Waals surface area contributed by atoms with E-state index in [2.05, 4.69) is 10.3 Å². The van der Waals surface area contributed by atoms with Crippen molar-refractivity contribution in [3.05, 3.63) is 53.7 Å². The molecule has 0 atom stereocenters. The number of hydrogen-bond donors (Lipinski definition) is 2. The lowest BCUT2D eigenvalue weighted by Crippen LogP contribution is -2.16. The molecule has 2 aromatic rings. The van der Waals surface area contributed by atoms with E-state index in [4.69, 9.17) is 10.5 Å². The minimum atomic E-state index is -0.171. The van der Waals surface area contributed by atoms with Crippen LogP contribution in [0.1, 0.15) is 22.3 Å². The summed E-state index contributed by atoms with van der Waals surface area (Å²) in [5.74, 6) is 0.957. The van der Waals surface area contributed by atoms with Crippen molar-refractivity contribution in [1.29, 1.82) is 0 Å². The van der Waals surface area contributed by atoms with Gasteiger partial charge in [0.05, 0.1) is 13.0 Å². The average Bonchev–Trinajstić information content (AvgIpc) is 2.56. The van der Waals surface area contributed by atoms with E-state index >= 15 is 0 Å². The van der Waals surface area contributed by atoms with E-state index in [-0.39, 0.29) is 18.9 Å². The summed E-state index contributed by atoms with van der Waals surface area (Å²) in [5, 5.41) is 2.69. The van der Waals surface area contributed by atoms with Gasteiger partial charge < -0.3 is 15.8 Å². The fourth-order valence-corrected chi connectivity index (χ4v) is 2.06. The number of anilines is 1. The molecule has 0 aliphatic carbocycles. The lowest BCUT2D eigenvalue weighted by Gasteiger charge is -2.09. The van der Waals surface area contributed by atoms with Crippen LogP contribution in [0.4, 0.5) is 5.82 Å². The second-order valence-corrected chi connectivity index (χ2v) is 4.88. The summed E-state index contributed by atoms with van der Waals surface area (Å²) in [7, 11) is 0. The fourth-order valence-electron chi connectivity index (χ4n) is 2.06. The van der Waals surface area contributed by atoms with Gasteiger partial charge in [0.1, 0.15) is 17.9 Å². The number of carbonyl (C=O) groups is 2. The van der Waals surface area contributed by atoms with Gasteiger partial charge in [-0.15, -0.1) is 0 Å². The summed E-state index contributed by atoms with van der Waals surface area (Å²) in [6.07, 6.45) is 3.22. The molecule has 120 valence electrons. The molecule has 2 rings (SSSR count). The molecular weight excluding hydrogens is 294 g/mol. The Labute approximate surface area is 134 Å². The van der Waals surface area contributed by atoms with Crippen molar-refractivity contribution in [2.75, 3.05) is 18.5 Å². The Morgan fingerprint density at radius 1 is 1.30 bits per heavy atom. The monoisotopic (exact) mass is 313 g/mol. The SMILES string of the molecule is NCCc1cc(OCCC(=O)Nc2ccccn2)ccc1C=O. The number of rotatable bonds is 8. The Hall–Kier alpha value is -2.73. The zero-order valence-corrected chi connectivity index (χ0v) is 12.7. The second-order valence-electron chi connectivity index (χ2n) is 4.88. The van der Waals surface area contributed by atoms with Crippen LogP contribution in [0.15, 0.2) is 42.6 Å². The molecule has 3 N–H and O–H groups in total. The summed E-state index contributed by atoms with van der Waals surface area (Å²) in [4.78, 5) is 26.7. The van der Waals surface area contributed by atoms with Crippen molar-refractivity contribution in [3.8, 4) is 5.75 Å². The van der Waals surface area contributed by atoms with Crippen LogP contribution in [0.25, 0.3) is 0 Å². The highest BCUT2D eigenvalue weighted by molar-refractivity contribution is 5.89. The molecule has 1 aromatic carbocycles. The number of pyridine rings is 1. The Kier molecular flexibility index (Phi) is 6.26. The molecule has 0 bridgehead atoms. The first-order valence-corrected chi connectivity index (χ1v) is 7.35. The summed E-state index contributed by atoms with van der Waals surface area (Å²) < 4.78 is 5.56. The number of ether oxygens (including phenoxy) is 1. The summed E-state index contributed by atoms with van der Waals surface area (Å²) in [5.41, 5.74) is 6.98. The largest absolute Gasteiger partial charge is 0.493 e. The van der Waals surface area contributed by atoms with Crippen LogP contribution in [-0.2, 0) is 11.2 Å². The van der Waals surface area contributed by atoms with E-state index in [1.54, 1.807) is 42.6 Å². The van der Waals surface area contributed by atoms with Gasteiger partial charge in [0.25, 0.3) is 0 Å². The van der Waals surface area contributed by atoms with Crippen molar-refractivity contribution >= 4 is 18.0 Å². The smallest absolute Gasteiger partial charge is 0.228 e.